The standard InChI is InChI=1S/C6H11NO2/c1-3-4-6(2)5-7(8)9/h3-4,6H,5H2,1-2H3/b4-3+. The van der Waals surface area contributed by atoms with Crippen LogP contribution in [0.15, 0.2) is 12.2 Å². The third-order valence-electron chi connectivity index (χ3n) is 0.958. The maximum absolute atomic E-state index is 9.86. The quantitative estimate of drug-likeness (QED) is 0.329. The molecule has 52 valence electrons. The highest BCUT2D eigenvalue weighted by atomic mass is 16.6. The Morgan fingerprint density at radius 2 is 2.33 bits per heavy atom. The van der Waals surface area contributed by atoms with Crippen LogP contribution in [0.2, 0.25) is 0 Å². The molecular formula is C6H11NO2. The molecule has 0 aliphatic rings. The molecule has 9 heavy (non-hydrogen) atoms. The number of nitro groups is 1. The van der Waals surface area contributed by atoms with Crippen molar-refractivity contribution in [3.05, 3.63) is 22.3 Å². The molecule has 0 saturated heterocycles. The Morgan fingerprint density at radius 1 is 1.78 bits per heavy atom. The largest absolute Gasteiger partial charge is 0.265 e. The van der Waals surface area contributed by atoms with Gasteiger partial charge in [-0.1, -0.05) is 19.1 Å². The van der Waals surface area contributed by atoms with Crippen molar-refractivity contribution in [2.24, 2.45) is 5.92 Å². The summed E-state index contributed by atoms with van der Waals surface area (Å²) in [5.74, 6) is 0.0602. The van der Waals surface area contributed by atoms with Crippen LogP contribution in [0.5, 0.6) is 0 Å². The zero-order chi connectivity index (χ0) is 7.28. The molecule has 0 N–H and O–H groups in total. The summed E-state index contributed by atoms with van der Waals surface area (Å²) in [5, 5.41) is 9.86. The third-order valence-corrected chi connectivity index (χ3v) is 0.958. The molecule has 0 bridgehead atoms. The van der Waals surface area contributed by atoms with Gasteiger partial charge in [-0.15, -0.1) is 0 Å². The van der Waals surface area contributed by atoms with Crippen LogP contribution in [0.1, 0.15) is 13.8 Å². The zero-order valence-corrected chi connectivity index (χ0v) is 5.70. The predicted octanol–water partition coefficient (Wildman–Crippen LogP) is 1.48. The highest BCUT2D eigenvalue weighted by Gasteiger charge is 2.02. The van der Waals surface area contributed by atoms with Gasteiger partial charge in [0.1, 0.15) is 0 Å². The molecule has 0 spiro atoms. The first-order valence-corrected chi connectivity index (χ1v) is 2.91. The number of hydrogen-bond donors (Lipinski definition) is 0. The highest BCUT2D eigenvalue weighted by molar-refractivity contribution is 4.82. The maximum atomic E-state index is 9.86. The van der Waals surface area contributed by atoms with E-state index in [1.807, 2.05) is 26.0 Å². The number of nitrogens with zero attached hydrogens (tertiary/aromatic N) is 1. The highest BCUT2D eigenvalue weighted by Crippen LogP contribution is 1.95. The van der Waals surface area contributed by atoms with Crippen molar-refractivity contribution in [3.8, 4) is 0 Å². The maximum Gasteiger partial charge on any atom is 0.209 e. The smallest absolute Gasteiger partial charge is 0.209 e. The van der Waals surface area contributed by atoms with Crippen molar-refractivity contribution < 1.29 is 4.92 Å². The summed E-state index contributed by atoms with van der Waals surface area (Å²) < 4.78 is 0. The molecule has 1 unspecified atom stereocenters. The fraction of sp³-hybridized carbons (Fsp3) is 0.667. The van der Waals surface area contributed by atoms with Gasteiger partial charge in [0.2, 0.25) is 6.54 Å². The lowest BCUT2D eigenvalue weighted by Crippen LogP contribution is -2.08. The van der Waals surface area contributed by atoms with Crippen molar-refractivity contribution in [1.29, 1.82) is 0 Å². The molecule has 0 aromatic rings. The summed E-state index contributed by atoms with van der Waals surface area (Å²) in [5.41, 5.74) is 0. The number of rotatable bonds is 3. The van der Waals surface area contributed by atoms with E-state index in [1.165, 1.54) is 0 Å². The summed E-state index contributed by atoms with van der Waals surface area (Å²) in [6.07, 6.45) is 3.65. The van der Waals surface area contributed by atoms with Gasteiger partial charge in [0.25, 0.3) is 0 Å². The van der Waals surface area contributed by atoms with Crippen LogP contribution in [-0.2, 0) is 0 Å². The van der Waals surface area contributed by atoms with E-state index in [0.717, 1.165) is 0 Å². The first-order valence-electron chi connectivity index (χ1n) is 2.91. The van der Waals surface area contributed by atoms with Gasteiger partial charge in [0, 0.05) is 10.8 Å². The van der Waals surface area contributed by atoms with Crippen LogP contribution in [0.4, 0.5) is 0 Å². The van der Waals surface area contributed by atoms with E-state index in [4.69, 9.17) is 0 Å². The van der Waals surface area contributed by atoms with E-state index in [1.54, 1.807) is 0 Å². The lowest BCUT2D eigenvalue weighted by molar-refractivity contribution is -0.485. The van der Waals surface area contributed by atoms with E-state index in [2.05, 4.69) is 0 Å². The summed E-state index contributed by atoms with van der Waals surface area (Å²) in [4.78, 5) is 9.56. The lowest BCUT2D eigenvalue weighted by atomic mass is 10.2. The van der Waals surface area contributed by atoms with Crippen LogP contribution in [0.25, 0.3) is 0 Å². The van der Waals surface area contributed by atoms with E-state index in [0.29, 0.717) is 0 Å². The normalized spacial score (nSPS) is 14.0. The Kier molecular flexibility index (Phi) is 3.67. The molecule has 0 fully saturated rings. The lowest BCUT2D eigenvalue weighted by Gasteiger charge is -1.95. The second-order valence-corrected chi connectivity index (χ2v) is 2.02. The Bertz CT molecular complexity index is 120. The van der Waals surface area contributed by atoms with Gasteiger partial charge in [0.05, 0.1) is 0 Å². The predicted molar refractivity (Wildman–Crippen MR) is 35.8 cm³/mol. The second kappa shape index (κ2) is 4.06. The van der Waals surface area contributed by atoms with Crippen molar-refractivity contribution >= 4 is 0 Å². The minimum Gasteiger partial charge on any atom is -0.265 e. The van der Waals surface area contributed by atoms with E-state index < -0.39 is 0 Å². The molecule has 3 heteroatoms. The monoisotopic (exact) mass is 129 g/mol. The molecular weight excluding hydrogens is 118 g/mol. The molecule has 0 saturated carbocycles. The van der Waals surface area contributed by atoms with Crippen LogP contribution in [-0.4, -0.2) is 11.5 Å². The minimum atomic E-state index is -0.301. The minimum absolute atomic E-state index is 0.0321. The molecule has 0 aromatic heterocycles. The molecule has 0 rings (SSSR count). The zero-order valence-electron chi connectivity index (χ0n) is 5.70. The third kappa shape index (κ3) is 5.00. The van der Waals surface area contributed by atoms with Gasteiger partial charge in [-0.05, 0) is 6.92 Å². The topological polar surface area (TPSA) is 43.1 Å². The van der Waals surface area contributed by atoms with Crippen LogP contribution in [0.3, 0.4) is 0 Å². The van der Waals surface area contributed by atoms with Gasteiger partial charge in [-0.3, -0.25) is 10.1 Å². The van der Waals surface area contributed by atoms with Crippen LogP contribution < -0.4 is 0 Å². The second-order valence-electron chi connectivity index (χ2n) is 2.02. The number of hydrogen-bond acceptors (Lipinski definition) is 2. The molecule has 0 aliphatic heterocycles. The van der Waals surface area contributed by atoms with Crippen molar-refractivity contribution in [2.75, 3.05) is 6.54 Å². The van der Waals surface area contributed by atoms with Gasteiger partial charge in [-0.25, -0.2) is 0 Å². The van der Waals surface area contributed by atoms with Crippen molar-refractivity contribution in [3.63, 3.8) is 0 Å². The molecule has 0 radical (unpaired) electrons. The van der Waals surface area contributed by atoms with E-state index >= 15 is 0 Å². The Labute approximate surface area is 54.5 Å². The first-order chi connectivity index (χ1) is 4.16. The van der Waals surface area contributed by atoms with Crippen molar-refractivity contribution in [2.45, 2.75) is 13.8 Å². The molecule has 1 atom stereocenters. The van der Waals surface area contributed by atoms with Crippen molar-refractivity contribution in [1.82, 2.24) is 0 Å². The Hall–Kier alpha value is -0.860. The average Bonchev–Trinajstić information content (AvgIpc) is 1.63. The summed E-state index contributed by atoms with van der Waals surface area (Å²) in [7, 11) is 0. The van der Waals surface area contributed by atoms with Gasteiger partial charge < -0.3 is 0 Å². The average molecular weight is 129 g/mol. The van der Waals surface area contributed by atoms with E-state index in [9.17, 15) is 10.1 Å². The summed E-state index contributed by atoms with van der Waals surface area (Å²) in [6.45, 7) is 3.71. The number of allylic oxidation sites excluding steroid dienone is 1. The Morgan fingerprint density at radius 3 is 2.67 bits per heavy atom. The summed E-state index contributed by atoms with van der Waals surface area (Å²) >= 11 is 0. The van der Waals surface area contributed by atoms with Crippen LogP contribution >= 0.6 is 0 Å². The summed E-state index contributed by atoms with van der Waals surface area (Å²) in [6, 6.07) is 0. The fourth-order valence-electron chi connectivity index (χ4n) is 0.625. The van der Waals surface area contributed by atoms with Gasteiger partial charge >= 0.3 is 0 Å². The van der Waals surface area contributed by atoms with Crippen LogP contribution in [0, 0.1) is 16.0 Å². The molecule has 0 aromatic carbocycles. The molecule has 0 heterocycles. The molecule has 3 nitrogen and oxygen atoms in total. The van der Waals surface area contributed by atoms with E-state index in [-0.39, 0.29) is 17.4 Å². The van der Waals surface area contributed by atoms with Gasteiger partial charge in [-0.2, -0.15) is 0 Å². The molecule has 0 aliphatic carbocycles. The fourth-order valence-corrected chi connectivity index (χ4v) is 0.625. The molecule has 0 amide bonds. The first kappa shape index (κ1) is 8.14. The van der Waals surface area contributed by atoms with Gasteiger partial charge in [0.15, 0.2) is 0 Å². The SMILES string of the molecule is C/C=C/C(C)C[N+](=O)[O-]. The Balaban J connectivity index is 3.50.